The van der Waals surface area contributed by atoms with Gasteiger partial charge in [0.2, 0.25) is 0 Å². The third-order valence-electron chi connectivity index (χ3n) is 2.74. The summed E-state index contributed by atoms with van der Waals surface area (Å²) in [7, 11) is 0. The van der Waals surface area contributed by atoms with E-state index in [1.54, 1.807) is 0 Å². The van der Waals surface area contributed by atoms with Crippen LogP contribution in [0.1, 0.15) is 52.3 Å². The van der Waals surface area contributed by atoms with Crippen molar-refractivity contribution in [3.8, 4) is 0 Å². The van der Waals surface area contributed by atoms with Crippen molar-refractivity contribution >= 4 is 12.2 Å². The summed E-state index contributed by atoms with van der Waals surface area (Å²) in [4.78, 5) is 0. The number of aromatic nitrogens is 2. The van der Waals surface area contributed by atoms with Gasteiger partial charge in [-0.1, -0.05) is 39.9 Å². The van der Waals surface area contributed by atoms with Gasteiger partial charge in [-0.3, -0.25) is 4.68 Å². The molecule has 0 aromatic carbocycles. The van der Waals surface area contributed by atoms with Crippen LogP contribution in [0.25, 0.3) is 0 Å². The van der Waals surface area contributed by atoms with Gasteiger partial charge in [-0.15, -0.1) is 0 Å². The highest BCUT2D eigenvalue weighted by Crippen LogP contribution is 2.17. The zero-order valence-electron chi connectivity index (χ0n) is 10.2. The van der Waals surface area contributed by atoms with Gasteiger partial charge in [-0.05, 0) is 31.2 Å². The van der Waals surface area contributed by atoms with Gasteiger partial charge in [-0.25, -0.2) is 0 Å². The second kappa shape index (κ2) is 5.50. The molecule has 0 aliphatic carbocycles. The van der Waals surface area contributed by atoms with E-state index in [1.165, 1.54) is 5.69 Å². The van der Waals surface area contributed by atoms with Crippen LogP contribution in [0.3, 0.4) is 0 Å². The van der Waals surface area contributed by atoms with E-state index in [1.807, 2.05) is 0 Å². The highest BCUT2D eigenvalue weighted by Gasteiger charge is 2.09. The lowest BCUT2D eigenvalue weighted by molar-refractivity contribution is 0.419. The van der Waals surface area contributed by atoms with E-state index < -0.39 is 0 Å². The van der Waals surface area contributed by atoms with Crippen LogP contribution in [0.5, 0.6) is 0 Å². The van der Waals surface area contributed by atoms with Gasteiger partial charge in [0.25, 0.3) is 0 Å². The smallest absolute Gasteiger partial charge is 0.122 e. The Morgan fingerprint density at radius 1 is 1.33 bits per heavy atom. The fourth-order valence-corrected chi connectivity index (χ4v) is 2.27. The van der Waals surface area contributed by atoms with E-state index in [0.29, 0.717) is 12.0 Å². The number of H-pyrrole nitrogens is 1. The zero-order chi connectivity index (χ0) is 11.4. The molecule has 1 aromatic rings. The van der Waals surface area contributed by atoms with Crippen molar-refractivity contribution in [1.29, 1.82) is 0 Å². The minimum absolute atomic E-state index is 0.526. The van der Waals surface area contributed by atoms with Crippen LogP contribution in [-0.2, 0) is 6.42 Å². The van der Waals surface area contributed by atoms with Crippen LogP contribution in [-0.4, -0.2) is 9.78 Å². The molecule has 1 aromatic heterocycles. The molecule has 1 rings (SSSR count). The molecular formula is C12H22N2S. The Hall–Kier alpha value is -0.570. The van der Waals surface area contributed by atoms with Gasteiger partial charge in [-0.2, -0.15) is 0 Å². The maximum absolute atomic E-state index is 5.37. The zero-order valence-corrected chi connectivity index (χ0v) is 11.0. The van der Waals surface area contributed by atoms with E-state index in [4.69, 9.17) is 12.2 Å². The first kappa shape index (κ1) is 12.5. The molecule has 15 heavy (non-hydrogen) atoms. The Kier molecular flexibility index (Phi) is 4.58. The lowest BCUT2D eigenvalue weighted by Gasteiger charge is -2.14. The maximum atomic E-state index is 5.37. The van der Waals surface area contributed by atoms with Crippen LogP contribution in [0, 0.1) is 10.6 Å². The summed E-state index contributed by atoms with van der Waals surface area (Å²) in [5.74, 6) is 0.674. The molecule has 0 aliphatic heterocycles. The van der Waals surface area contributed by atoms with Crippen LogP contribution in [0.4, 0.5) is 0 Å². The predicted octanol–water partition coefficient (Wildman–Crippen LogP) is 4.11. The molecule has 0 aliphatic rings. The van der Waals surface area contributed by atoms with E-state index in [-0.39, 0.29) is 0 Å². The molecular weight excluding hydrogens is 204 g/mol. The molecule has 0 bridgehead atoms. The molecule has 0 unspecified atom stereocenters. The molecule has 1 N–H and O–H groups in total. The SMILES string of the molecule is CCC(CC)n1[nH]c(CC(C)C)cc1=S. The standard InChI is InChI=1S/C12H22N2S/c1-5-11(6-2)14-12(15)8-10(13-14)7-9(3)4/h8-9,11,13H,5-7H2,1-4H3. The number of nitrogens with zero attached hydrogens (tertiary/aromatic N) is 1. The first-order chi connectivity index (χ1) is 7.08. The first-order valence-electron chi connectivity index (χ1n) is 5.88. The molecule has 0 radical (unpaired) electrons. The van der Waals surface area contributed by atoms with Crippen molar-refractivity contribution in [3.63, 3.8) is 0 Å². The topological polar surface area (TPSA) is 20.7 Å². The van der Waals surface area contributed by atoms with E-state index in [0.717, 1.165) is 23.9 Å². The summed E-state index contributed by atoms with van der Waals surface area (Å²) < 4.78 is 3.09. The van der Waals surface area contributed by atoms with Crippen LogP contribution < -0.4 is 0 Å². The Morgan fingerprint density at radius 2 is 1.93 bits per heavy atom. The predicted molar refractivity (Wildman–Crippen MR) is 67.8 cm³/mol. The van der Waals surface area contributed by atoms with E-state index >= 15 is 0 Å². The van der Waals surface area contributed by atoms with Crippen molar-refractivity contribution in [1.82, 2.24) is 9.78 Å². The monoisotopic (exact) mass is 226 g/mol. The van der Waals surface area contributed by atoms with Crippen molar-refractivity contribution in [3.05, 3.63) is 16.4 Å². The van der Waals surface area contributed by atoms with Crippen LogP contribution >= 0.6 is 12.2 Å². The number of rotatable bonds is 5. The molecule has 0 atom stereocenters. The molecule has 3 heteroatoms. The van der Waals surface area contributed by atoms with Crippen molar-refractivity contribution in [2.24, 2.45) is 5.92 Å². The molecule has 2 nitrogen and oxygen atoms in total. The average molecular weight is 226 g/mol. The molecule has 0 fully saturated rings. The number of nitrogens with one attached hydrogen (secondary N) is 1. The average Bonchev–Trinajstić information content (AvgIpc) is 2.48. The minimum Gasteiger partial charge on any atom is -0.301 e. The quantitative estimate of drug-likeness (QED) is 0.749. The largest absolute Gasteiger partial charge is 0.301 e. The summed E-state index contributed by atoms with van der Waals surface area (Å²) >= 11 is 5.37. The van der Waals surface area contributed by atoms with Gasteiger partial charge < -0.3 is 5.10 Å². The van der Waals surface area contributed by atoms with E-state index in [9.17, 15) is 0 Å². The third kappa shape index (κ3) is 3.20. The summed E-state index contributed by atoms with van der Waals surface area (Å²) in [6, 6.07) is 2.63. The Balaban J connectivity index is 2.90. The Morgan fingerprint density at radius 3 is 2.40 bits per heavy atom. The summed E-state index contributed by atoms with van der Waals surface area (Å²) in [6.07, 6.45) is 3.34. The van der Waals surface area contributed by atoms with E-state index in [2.05, 4.69) is 43.5 Å². The first-order valence-corrected chi connectivity index (χ1v) is 6.29. The van der Waals surface area contributed by atoms with Gasteiger partial charge in [0, 0.05) is 5.69 Å². The molecule has 1 heterocycles. The van der Waals surface area contributed by atoms with Crippen molar-refractivity contribution < 1.29 is 0 Å². The minimum atomic E-state index is 0.526. The second-order valence-corrected chi connectivity index (χ2v) is 4.98. The highest BCUT2D eigenvalue weighted by molar-refractivity contribution is 7.71. The normalized spacial score (nSPS) is 11.6. The fourth-order valence-electron chi connectivity index (χ4n) is 1.93. The third-order valence-corrected chi connectivity index (χ3v) is 3.05. The number of hydrogen-bond donors (Lipinski definition) is 1. The molecule has 0 saturated heterocycles. The molecule has 0 spiro atoms. The van der Waals surface area contributed by atoms with Crippen molar-refractivity contribution in [2.75, 3.05) is 0 Å². The summed E-state index contributed by atoms with van der Waals surface area (Å²) in [5.41, 5.74) is 1.27. The maximum Gasteiger partial charge on any atom is 0.122 e. The second-order valence-electron chi connectivity index (χ2n) is 4.56. The Labute approximate surface area is 97.7 Å². The Bertz CT molecular complexity index is 345. The lowest BCUT2D eigenvalue weighted by Crippen LogP contribution is -2.09. The van der Waals surface area contributed by atoms with Gasteiger partial charge in [0.15, 0.2) is 0 Å². The van der Waals surface area contributed by atoms with Gasteiger partial charge >= 0.3 is 0 Å². The molecule has 86 valence electrons. The van der Waals surface area contributed by atoms with Crippen LogP contribution in [0.2, 0.25) is 0 Å². The van der Waals surface area contributed by atoms with Gasteiger partial charge in [0.05, 0.1) is 6.04 Å². The summed E-state index contributed by atoms with van der Waals surface area (Å²) in [5, 5.41) is 3.43. The van der Waals surface area contributed by atoms with Crippen LogP contribution in [0.15, 0.2) is 6.07 Å². The lowest BCUT2D eigenvalue weighted by atomic mass is 10.1. The molecule has 0 saturated carbocycles. The fraction of sp³-hybridized carbons (Fsp3) is 0.750. The van der Waals surface area contributed by atoms with Crippen molar-refractivity contribution in [2.45, 2.75) is 53.0 Å². The number of aromatic amines is 1. The highest BCUT2D eigenvalue weighted by atomic mass is 32.1. The number of hydrogen-bond acceptors (Lipinski definition) is 1. The van der Waals surface area contributed by atoms with Gasteiger partial charge in [0.1, 0.15) is 4.64 Å². The summed E-state index contributed by atoms with van der Waals surface area (Å²) in [6.45, 7) is 8.87. The molecule has 0 amide bonds.